The van der Waals surface area contributed by atoms with Crippen LogP contribution in [0, 0.1) is 5.92 Å². The number of carbonyl (C=O) groups excluding carboxylic acids is 1. The minimum Gasteiger partial charge on any atom is -0.493 e. The van der Waals surface area contributed by atoms with Gasteiger partial charge >= 0.3 is 0 Å². The SMILES string of the molecule is CC(C)COc1ccc(C(C)NC(=O)C2CCCCN2)cc1. The Morgan fingerprint density at radius 1 is 1.27 bits per heavy atom. The normalized spacial score (nSPS) is 19.7. The van der Waals surface area contributed by atoms with Crippen molar-refractivity contribution in [2.75, 3.05) is 13.2 Å². The summed E-state index contributed by atoms with van der Waals surface area (Å²) in [7, 11) is 0. The number of rotatable bonds is 6. The van der Waals surface area contributed by atoms with E-state index in [0.29, 0.717) is 5.92 Å². The van der Waals surface area contributed by atoms with Crippen LogP contribution in [-0.2, 0) is 4.79 Å². The van der Waals surface area contributed by atoms with Crippen LogP contribution in [0.25, 0.3) is 0 Å². The van der Waals surface area contributed by atoms with Crippen molar-refractivity contribution in [1.29, 1.82) is 0 Å². The van der Waals surface area contributed by atoms with E-state index in [2.05, 4.69) is 24.5 Å². The maximum atomic E-state index is 12.2. The first-order valence-electron chi connectivity index (χ1n) is 8.33. The van der Waals surface area contributed by atoms with Crippen molar-refractivity contribution in [3.8, 4) is 5.75 Å². The molecule has 0 aromatic heterocycles. The first-order valence-corrected chi connectivity index (χ1v) is 8.33. The average molecular weight is 304 g/mol. The van der Waals surface area contributed by atoms with Gasteiger partial charge in [-0.3, -0.25) is 4.79 Å². The van der Waals surface area contributed by atoms with Gasteiger partial charge in [0.2, 0.25) is 5.91 Å². The lowest BCUT2D eigenvalue weighted by Gasteiger charge is -2.24. The van der Waals surface area contributed by atoms with Crippen LogP contribution in [-0.4, -0.2) is 25.1 Å². The molecule has 1 aromatic carbocycles. The summed E-state index contributed by atoms with van der Waals surface area (Å²) in [5.41, 5.74) is 1.10. The predicted octanol–water partition coefficient (Wildman–Crippen LogP) is 3.04. The van der Waals surface area contributed by atoms with Gasteiger partial charge < -0.3 is 15.4 Å². The molecule has 22 heavy (non-hydrogen) atoms. The molecule has 2 atom stereocenters. The number of nitrogens with one attached hydrogen (secondary N) is 2. The molecule has 122 valence electrons. The fourth-order valence-electron chi connectivity index (χ4n) is 2.59. The summed E-state index contributed by atoms with van der Waals surface area (Å²) in [5, 5.41) is 6.37. The number of piperidine rings is 1. The molecule has 2 rings (SSSR count). The van der Waals surface area contributed by atoms with Crippen molar-refractivity contribution >= 4 is 5.91 Å². The summed E-state index contributed by atoms with van der Waals surface area (Å²) in [4.78, 5) is 12.2. The minimum absolute atomic E-state index is 0.00961. The van der Waals surface area contributed by atoms with Crippen molar-refractivity contribution in [3.05, 3.63) is 29.8 Å². The van der Waals surface area contributed by atoms with E-state index in [4.69, 9.17) is 4.74 Å². The smallest absolute Gasteiger partial charge is 0.237 e. The third-order valence-electron chi connectivity index (χ3n) is 3.95. The molecule has 1 aromatic rings. The molecule has 4 heteroatoms. The molecule has 1 aliphatic rings. The van der Waals surface area contributed by atoms with Gasteiger partial charge in [-0.2, -0.15) is 0 Å². The van der Waals surface area contributed by atoms with Crippen LogP contribution in [0.3, 0.4) is 0 Å². The molecule has 4 nitrogen and oxygen atoms in total. The Bertz CT molecular complexity index is 464. The second-order valence-corrected chi connectivity index (χ2v) is 6.51. The maximum absolute atomic E-state index is 12.2. The van der Waals surface area contributed by atoms with Crippen LogP contribution in [0.4, 0.5) is 0 Å². The molecule has 1 aliphatic heterocycles. The van der Waals surface area contributed by atoms with Crippen molar-refractivity contribution in [1.82, 2.24) is 10.6 Å². The first-order chi connectivity index (χ1) is 10.6. The lowest BCUT2D eigenvalue weighted by atomic mass is 10.0. The highest BCUT2D eigenvalue weighted by atomic mass is 16.5. The van der Waals surface area contributed by atoms with Gasteiger partial charge in [-0.05, 0) is 49.9 Å². The summed E-state index contributed by atoms with van der Waals surface area (Å²) >= 11 is 0. The lowest BCUT2D eigenvalue weighted by Crippen LogP contribution is -2.47. The first kappa shape index (κ1) is 16.8. The fourth-order valence-corrected chi connectivity index (χ4v) is 2.59. The van der Waals surface area contributed by atoms with Crippen LogP contribution >= 0.6 is 0 Å². The van der Waals surface area contributed by atoms with Gasteiger partial charge in [-0.15, -0.1) is 0 Å². The summed E-state index contributed by atoms with van der Waals surface area (Å²) in [6.45, 7) is 7.94. The molecule has 0 saturated carbocycles. The monoisotopic (exact) mass is 304 g/mol. The Labute approximate surface area is 133 Å². The van der Waals surface area contributed by atoms with Gasteiger partial charge in [0.05, 0.1) is 18.7 Å². The zero-order chi connectivity index (χ0) is 15.9. The molecule has 2 N–H and O–H groups in total. The predicted molar refractivity (Wildman–Crippen MR) is 89.0 cm³/mol. The molecule has 1 heterocycles. The highest BCUT2D eigenvalue weighted by Crippen LogP contribution is 2.19. The van der Waals surface area contributed by atoms with Gasteiger partial charge in [0.1, 0.15) is 5.75 Å². The maximum Gasteiger partial charge on any atom is 0.237 e. The molecular weight excluding hydrogens is 276 g/mol. The van der Waals surface area contributed by atoms with Crippen molar-refractivity contribution in [3.63, 3.8) is 0 Å². The van der Waals surface area contributed by atoms with Gasteiger partial charge in [-0.25, -0.2) is 0 Å². The standard InChI is InChI=1S/C18H28N2O2/c1-13(2)12-22-16-9-7-15(8-10-16)14(3)20-18(21)17-6-4-5-11-19-17/h7-10,13-14,17,19H,4-6,11-12H2,1-3H3,(H,20,21). The van der Waals surface area contributed by atoms with E-state index >= 15 is 0 Å². The summed E-state index contributed by atoms with van der Waals surface area (Å²) in [5.74, 6) is 1.50. The Morgan fingerprint density at radius 2 is 2.00 bits per heavy atom. The van der Waals surface area contributed by atoms with Crippen LogP contribution < -0.4 is 15.4 Å². The molecule has 0 aliphatic carbocycles. The van der Waals surface area contributed by atoms with E-state index in [-0.39, 0.29) is 18.0 Å². The fraction of sp³-hybridized carbons (Fsp3) is 0.611. The van der Waals surface area contributed by atoms with Crippen molar-refractivity contribution in [2.24, 2.45) is 5.92 Å². The molecule has 1 fully saturated rings. The van der Waals surface area contributed by atoms with Crippen LogP contribution in [0.15, 0.2) is 24.3 Å². The zero-order valence-corrected chi connectivity index (χ0v) is 13.9. The number of ether oxygens (including phenoxy) is 1. The molecule has 0 radical (unpaired) electrons. The second-order valence-electron chi connectivity index (χ2n) is 6.51. The van der Waals surface area contributed by atoms with Gasteiger partial charge in [0.15, 0.2) is 0 Å². The van der Waals surface area contributed by atoms with E-state index in [1.165, 1.54) is 0 Å². The van der Waals surface area contributed by atoms with Gasteiger partial charge in [0.25, 0.3) is 0 Å². The van der Waals surface area contributed by atoms with E-state index in [9.17, 15) is 4.79 Å². The molecular formula is C18H28N2O2. The van der Waals surface area contributed by atoms with E-state index in [1.54, 1.807) is 0 Å². The third kappa shape index (κ3) is 5.02. The van der Waals surface area contributed by atoms with Gasteiger partial charge in [-0.1, -0.05) is 32.4 Å². The summed E-state index contributed by atoms with van der Waals surface area (Å²) in [6.07, 6.45) is 3.22. The number of amides is 1. The average Bonchev–Trinajstić information content (AvgIpc) is 2.54. The van der Waals surface area contributed by atoms with E-state index < -0.39 is 0 Å². The lowest BCUT2D eigenvalue weighted by molar-refractivity contribution is -0.124. The molecule has 0 spiro atoms. The Balaban J connectivity index is 1.86. The quantitative estimate of drug-likeness (QED) is 0.849. The number of benzene rings is 1. The topological polar surface area (TPSA) is 50.4 Å². The Morgan fingerprint density at radius 3 is 2.59 bits per heavy atom. The Hall–Kier alpha value is -1.55. The number of carbonyl (C=O) groups is 1. The number of hydrogen-bond donors (Lipinski definition) is 2. The Kier molecular flexibility index (Phi) is 6.25. The highest BCUT2D eigenvalue weighted by molar-refractivity contribution is 5.82. The van der Waals surface area contributed by atoms with Crippen LogP contribution in [0.5, 0.6) is 5.75 Å². The molecule has 1 saturated heterocycles. The zero-order valence-electron chi connectivity index (χ0n) is 13.9. The van der Waals surface area contributed by atoms with Crippen LogP contribution in [0.1, 0.15) is 51.6 Å². The number of hydrogen-bond acceptors (Lipinski definition) is 3. The van der Waals surface area contributed by atoms with E-state index in [0.717, 1.165) is 43.7 Å². The van der Waals surface area contributed by atoms with Crippen LogP contribution in [0.2, 0.25) is 0 Å². The summed E-state index contributed by atoms with van der Waals surface area (Å²) < 4.78 is 5.68. The highest BCUT2D eigenvalue weighted by Gasteiger charge is 2.21. The van der Waals surface area contributed by atoms with Crippen molar-refractivity contribution in [2.45, 2.75) is 52.1 Å². The molecule has 0 bridgehead atoms. The largest absolute Gasteiger partial charge is 0.493 e. The molecule has 2 unspecified atom stereocenters. The van der Waals surface area contributed by atoms with E-state index in [1.807, 2.05) is 31.2 Å². The minimum atomic E-state index is -0.0372. The van der Waals surface area contributed by atoms with Crippen molar-refractivity contribution < 1.29 is 9.53 Å². The summed E-state index contributed by atoms with van der Waals surface area (Å²) in [6, 6.07) is 7.96. The third-order valence-corrected chi connectivity index (χ3v) is 3.95. The second kappa shape index (κ2) is 8.18. The van der Waals surface area contributed by atoms with Gasteiger partial charge in [0, 0.05) is 0 Å². The molecule has 1 amide bonds.